The topological polar surface area (TPSA) is 83.6 Å². The van der Waals surface area contributed by atoms with E-state index in [1.165, 1.54) is 16.7 Å². The molecule has 0 radical (unpaired) electrons. The second-order valence-electron chi connectivity index (χ2n) is 2.96. The quantitative estimate of drug-likeness (QED) is 0.479. The Morgan fingerprint density at radius 3 is 3.00 bits per heavy atom. The van der Waals surface area contributed by atoms with E-state index in [1.54, 1.807) is 12.3 Å². The zero-order valence-electron chi connectivity index (χ0n) is 7.04. The summed E-state index contributed by atoms with van der Waals surface area (Å²) in [4.78, 5) is 23.4. The predicted molar refractivity (Wildman–Crippen MR) is 54.0 cm³/mol. The Bertz CT molecular complexity index is 322. The number of amides is 1. The van der Waals surface area contributed by atoms with Crippen LogP contribution in [0.2, 0.25) is 0 Å². The molecular weight excluding hydrogens is 228 g/mol. The molecule has 1 saturated heterocycles. The lowest BCUT2D eigenvalue weighted by molar-refractivity contribution is -0.164. The third kappa shape index (κ3) is 1.14. The largest absolute Gasteiger partial charge is 0.479 e. The van der Waals surface area contributed by atoms with Gasteiger partial charge >= 0.3 is 5.97 Å². The van der Waals surface area contributed by atoms with Gasteiger partial charge in [-0.25, -0.2) is 4.79 Å². The number of carboxylic acids is 1. The molecule has 2 rings (SSSR count). The first-order valence-electron chi connectivity index (χ1n) is 3.72. The van der Waals surface area contributed by atoms with E-state index in [-0.39, 0.29) is 12.4 Å². The molecule has 2 aliphatic heterocycles. The molecule has 2 atom stereocenters. The minimum absolute atomic E-state index is 0. The number of nitrogens with zero attached hydrogens (tertiary/aromatic N) is 1. The maximum Gasteiger partial charge on any atom is 0.336 e. The SMILES string of the molecule is Cl.NC1(C(=O)O)C(=O)N2C=CCS[C@H]21. The zero-order valence-corrected chi connectivity index (χ0v) is 8.68. The fourth-order valence-electron chi connectivity index (χ4n) is 1.44. The van der Waals surface area contributed by atoms with Crippen molar-refractivity contribution in [2.24, 2.45) is 5.73 Å². The molecule has 0 saturated carbocycles. The third-order valence-corrected chi connectivity index (χ3v) is 3.50. The van der Waals surface area contributed by atoms with Crippen LogP contribution in [0.3, 0.4) is 0 Å². The van der Waals surface area contributed by atoms with Crippen LogP contribution in [0.15, 0.2) is 12.3 Å². The van der Waals surface area contributed by atoms with Gasteiger partial charge in [0.2, 0.25) is 5.54 Å². The highest BCUT2D eigenvalue weighted by Crippen LogP contribution is 2.39. The summed E-state index contributed by atoms with van der Waals surface area (Å²) in [6.45, 7) is 0. The zero-order chi connectivity index (χ0) is 9.64. The van der Waals surface area contributed by atoms with Gasteiger partial charge in [0, 0.05) is 12.0 Å². The lowest BCUT2D eigenvalue weighted by atomic mass is 9.89. The number of fused-ring (bicyclic) bond motifs is 1. The van der Waals surface area contributed by atoms with Crippen molar-refractivity contribution in [3.63, 3.8) is 0 Å². The van der Waals surface area contributed by atoms with E-state index in [0.29, 0.717) is 5.75 Å². The molecule has 3 N–H and O–H groups in total. The maximum absolute atomic E-state index is 11.3. The number of β-lactam (4-membered cyclic amide) rings is 1. The fraction of sp³-hybridized carbons (Fsp3) is 0.429. The molecule has 0 aliphatic carbocycles. The van der Waals surface area contributed by atoms with Crippen LogP contribution < -0.4 is 5.73 Å². The molecule has 1 unspecified atom stereocenters. The molecular formula is C7H9ClN2O3S. The highest BCUT2D eigenvalue weighted by Gasteiger charge is 2.64. The van der Waals surface area contributed by atoms with Gasteiger partial charge in [-0.1, -0.05) is 6.08 Å². The summed E-state index contributed by atoms with van der Waals surface area (Å²) in [5.74, 6) is -1.09. The number of hydrogen-bond donors (Lipinski definition) is 2. The van der Waals surface area contributed by atoms with Crippen molar-refractivity contribution < 1.29 is 14.7 Å². The van der Waals surface area contributed by atoms with Crippen molar-refractivity contribution in [2.45, 2.75) is 10.9 Å². The highest BCUT2D eigenvalue weighted by molar-refractivity contribution is 8.00. The molecule has 5 nitrogen and oxygen atoms in total. The second-order valence-corrected chi connectivity index (χ2v) is 4.07. The number of carboxylic acid groups (broad SMARTS) is 1. The average Bonchev–Trinajstić information content (AvgIpc) is 2.15. The van der Waals surface area contributed by atoms with Crippen LogP contribution in [0.5, 0.6) is 0 Å². The number of rotatable bonds is 1. The molecule has 0 spiro atoms. The Labute approximate surface area is 90.7 Å². The summed E-state index contributed by atoms with van der Waals surface area (Å²) in [7, 11) is 0. The summed E-state index contributed by atoms with van der Waals surface area (Å²) in [6, 6.07) is 0. The molecule has 1 amide bonds. The number of halogens is 1. The Morgan fingerprint density at radius 2 is 2.43 bits per heavy atom. The van der Waals surface area contributed by atoms with E-state index in [4.69, 9.17) is 10.8 Å². The van der Waals surface area contributed by atoms with E-state index in [9.17, 15) is 9.59 Å². The lowest BCUT2D eigenvalue weighted by Gasteiger charge is -2.50. The average molecular weight is 237 g/mol. The van der Waals surface area contributed by atoms with Crippen LogP contribution in [-0.4, -0.2) is 38.5 Å². The second kappa shape index (κ2) is 3.45. The molecule has 0 aromatic carbocycles. The third-order valence-electron chi connectivity index (χ3n) is 2.20. The van der Waals surface area contributed by atoms with Crippen LogP contribution in [0.4, 0.5) is 0 Å². The summed E-state index contributed by atoms with van der Waals surface area (Å²) in [6.07, 6.45) is 3.40. The van der Waals surface area contributed by atoms with E-state index in [1.807, 2.05) is 0 Å². The first kappa shape index (κ1) is 11.4. The first-order chi connectivity index (χ1) is 6.08. The van der Waals surface area contributed by atoms with Gasteiger partial charge in [0.05, 0.1) is 0 Å². The van der Waals surface area contributed by atoms with Gasteiger partial charge in [0.1, 0.15) is 5.37 Å². The number of nitrogens with two attached hydrogens (primary N) is 1. The first-order valence-corrected chi connectivity index (χ1v) is 4.76. The van der Waals surface area contributed by atoms with Crippen molar-refractivity contribution in [2.75, 3.05) is 5.75 Å². The smallest absolute Gasteiger partial charge is 0.336 e. The van der Waals surface area contributed by atoms with Crippen molar-refractivity contribution >= 4 is 36.0 Å². The Balaban J connectivity index is 0.000000980. The molecule has 1 fully saturated rings. The number of carbonyl (C=O) groups excluding carboxylic acids is 1. The molecule has 14 heavy (non-hydrogen) atoms. The standard InChI is InChI=1S/C7H8N2O3S.ClH/c8-7(6(11)12)4(10)9-2-1-3-13-5(7)9;/h1-2,5H,3,8H2,(H,11,12);1H/t5-,7?;/m0./s1. The Kier molecular flexibility index (Phi) is 2.80. The molecule has 7 heteroatoms. The van der Waals surface area contributed by atoms with E-state index in [2.05, 4.69) is 0 Å². The van der Waals surface area contributed by atoms with Crippen LogP contribution in [0.1, 0.15) is 0 Å². The van der Waals surface area contributed by atoms with E-state index >= 15 is 0 Å². The van der Waals surface area contributed by atoms with Gasteiger partial charge in [0.15, 0.2) is 0 Å². The normalized spacial score (nSPS) is 34.2. The minimum atomic E-state index is -1.71. The van der Waals surface area contributed by atoms with Crippen molar-refractivity contribution in [1.29, 1.82) is 0 Å². The number of aliphatic carboxylic acids is 1. The highest BCUT2D eigenvalue weighted by atomic mass is 35.5. The van der Waals surface area contributed by atoms with Gasteiger partial charge in [-0.2, -0.15) is 0 Å². The monoisotopic (exact) mass is 236 g/mol. The van der Waals surface area contributed by atoms with Crippen molar-refractivity contribution in [3.05, 3.63) is 12.3 Å². The van der Waals surface area contributed by atoms with Gasteiger partial charge in [-0.3, -0.25) is 4.79 Å². The van der Waals surface area contributed by atoms with Gasteiger partial charge < -0.3 is 15.7 Å². The van der Waals surface area contributed by atoms with Gasteiger partial charge in [-0.15, -0.1) is 24.2 Å². The maximum atomic E-state index is 11.3. The van der Waals surface area contributed by atoms with Crippen LogP contribution in [-0.2, 0) is 9.59 Å². The molecule has 2 aliphatic rings. The summed E-state index contributed by atoms with van der Waals surface area (Å²) >= 11 is 1.36. The molecule has 0 aromatic heterocycles. The van der Waals surface area contributed by atoms with Gasteiger partial charge in [-0.05, 0) is 0 Å². The Hall–Kier alpha value is -0.720. The minimum Gasteiger partial charge on any atom is -0.479 e. The summed E-state index contributed by atoms with van der Waals surface area (Å²) in [5, 5.41) is 8.35. The summed E-state index contributed by atoms with van der Waals surface area (Å²) in [5.41, 5.74) is 3.79. The number of carbonyl (C=O) groups is 2. The molecule has 2 heterocycles. The number of thioether (sulfide) groups is 1. The van der Waals surface area contributed by atoms with Crippen LogP contribution >= 0.6 is 24.2 Å². The summed E-state index contributed by atoms with van der Waals surface area (Å²) < 4.78 is 0. The Morgan fingerprint density at radius 1 is 1.79 bits per heavy atom. The van der Waals surface area contributed by atoms with Crippen LogP contribution in [0.25, 0.3) is 0 Å². The number of hydrogen-bond acceptors (Lipinski definition) is 4. The molecule has 78 valence electrons. The van der Waals surface area contributed by atoms with E-state index < -0.39 is 22.8 Å². The fourth-order valence-corrected chi connectivity index (χ4v) is 2.61. The lowest BCUT2D eigenvalue weighted by Crippen LogP contribution is -2.79. The van der Waals surface area contributed by atoms with E-state index in [0.717, 1.165) is 0 Å². The predicted octanol–water partition coefficient (Wildman–Crippen LogP) is -0.381. The van der Waals surface area contributed by atoms with Crippen molar-refractivity contribution in [1.82, 2.24) is 4.90 Å². The van der Waals surface area contributed by atoms with Gasteiger partial charge in [0.25, 0.3) is 5.91 Å². The van der Waals surface area contributed by atoms with Crippen LogP contribution in [0, 0.1) is 0 Å². The molecule has 0 bridgehead atoms. The van der Waals surface area contributed by atoms with Crippen molar-refractivity contribution in [3.8, 4) is 0 Å². The molecule has 0 aromatic rings.